The van der Waals surface area contributed by atoms with Crippen molar-refractivity contribution in [3.05, 3.63) is 76.8 Å². The second-order valence-electron chi connectivity index (χ2n) is 7.37. The molecule has 28 heavy (non-hydrogen) atoms. The molecule has 6 heteroatoms. The number of thiazole rings is 1. The zero-order chi connectivity index (χ0) is 20.0. The van der Waals surface area contributed by atoms with Crippen molar-refractivity contribution in [2.75, 3.05) is 0 Å². The quantitative estimate of drug-likeness (QED) is 0.335. The molecule has 2 aromatic carbocycles. The molecule has 0 aliphatic heterocycles. The molecule has 0 saturated carbocycles. The molecule has 2 N–H and O–H groups in total. The van der Waals surface area contributed by atoms with Crippen molar-refractivity contribution in [2.24, 2.45) is 15.9 Å². The summed E-state index contributed by atoms with van der Waals surface area (Å²) in [5, 5.41) is 11.8. The highest BCUT2D eigenvalue weighted by atomic mass is 32.2. The first-order chi connectivity index (χ1) is 13.4. The third-order valence-corrected chi connectivity index (χ3v) is 5.77. The summed E-state index contributed by atoms with van der Waals surface area (Å²) in [6, 6.07) is 18.3. The smallest absolute Gasteiger partial charge is 0.180 e. The van der Waals surface area contributed by atoms with Crippen LogP contribution in [0.4, 0.5) is 0 Å². The standard InChI is InChI=1S/C22H24N4S2/c1-22(2,3)19-15-27-20(25-19)18-11-9-16(10-12-18)13-24-26-21(23)28-14-17-7-5-4-6-8-17/h4-13,15H,14H2,1-3H3,(H2,23,26). The number of aromatic nitrogens is 1. The topological polar surface area (TPSA) is 63.6 Å². The van der Waals surface area contributed by atoms with E-state index in [4.69, 9.17) is 10.7 Å². The highest BCUT2D eigenvalue weighted by molar-refractivity contribution is 8.13. The lowest BCUT2D eigenvalue weighted by Gasteiger charge is -2.14. The van der Waals surface area contributed by atoms with E-state index in [2.05, 4.69) is 60.6 Å². The number of hydrogen-bond donors (Lipinski definition) is 1. The number of nitrogens with zero attached hydrogens (tertiary/aromatic N) is 3. The first-order valence-corrected chi connectivity index (χ1v) is 10.9. The summed E-state index contributed by atoms with van der Waals surface area (Å²) in [7, 11) is 0. The third-order valence-electron chi connectivity index (χ3n) is 4.02. The van der Waals surface area contributed by atoms with E-state index in [-0.39, 0.29) is 5.41 Å². The van der Waals surface area contributed by atoms with E-state index in [1.165, 1.54) is 17.3 Å². The normalized spacial score (nSPS) is 12.6. The molecular formula is C22H24N4S2. The lowest BCUT2D eigenvalue weighted by atomic mass is 9.93. The zero-order valence-electron chi connectivity index (χ0n) is 16.3. The molecule has 3 aromatic rings. The van der Waals surface area contributed by atoms with Gasteiger partial charge in [0.05, 0.1) is 11.9 Å². The van der Waals surface area contributed by atoms with Gasteiger partial charge >= 0.3 is 0 Å². The molecule has 0 bridgehead atoms. The first kappa shape index (κ1) is 20.3. The Kier molecular flexibility index (Phi) is 6.65. The molecule has 3 rings (SSSR count). The minimum atomic E-state index is 0.0673. The third kappa shape index (κ3) is 5.78. The molecule has 1 heterocycles. The Hall–Kier alpha value is -2.44. The maximum atomic E-state index is 5.92. The van der Waals surface area contributed by atoms with Crippen molar-refractivity contribution < 1.29 is 0 Å². The van der Waals surface area contributed by atoms with E-state index in [1.807, 2.05) is 30.3 Å². The van der Waals surface area contributed by atoms with Gasteiger partial charge in [0.15, 0.2) is 5.17 Å². The fraction of sp³-hybridized carbons (Fsp3) is 0.227. The van der Waals surface area contributed by atoms with Gasteiger partial charge in [-0.15, -0.1) is 16.4 Å². The molecule has 0 aliphatic rings. The Morgan fingerprint density at radius 3 is 2.46 bits per heavy atom. The van der Waals surface area contributed by atoms with Crippen LogP contribution in [0.3, 0.4) is 0 Å². The summed E-state index contributed by atoms with van der Waals surface area (Å²) in [6.07, 6.45) is 1.71. The molecule has 0 fully saturated rings. The molecule has 0 unspecified atom stereocenters. The van der Waals surface area contributed by atoms with Crippen LogP contribution in [0.2, 0.25) is 0 Å². The van der Waals surface area contributed by atoms with Crippen LogP contribution in [0.1, 0.15) is 37.6 Å². The molecule has 0 atom stereocenters. The van der Waals surface area contributed by atoms with Gasteiger partial charge in [-0.05, 0) is 11.1 Å². The van der Waals surface area contributed by atoms with Crippen LogP contribution in [0.15, 0.2) is 70.2 Å². The van der Waals surface area contributed by atoms with E-state index in [0.29, 0.717) is 5.17 Å². The fourth-order valence-electron chi connectivity index (χ4n) is 2.38. The summed E-state index contributed by atoms with van der Waals surface area (Å²) in [5.41, 5.74) is 10.4. The van der Waals surface area contributed by atoms with Crippen molar-refractivity contribution in [1.82, 2.24) is 4.98 Å². The van der Waals surface area contributed by atoms with Crippen LogP contribution in [-0.4, -0.2) is 16.4 Å². The molecule has 0 radical (unpaired) electrons. The van der Waals surface area contributed by atoms with Gasteiger partial charge in [-0.3, -0.25) is 0 Å². The van der Waals surface area contributed by atoms with Crippen LogP contribution in [-0.2, 0) is 11.2 Å². The predicted octanol–water partition coefficient (Wildman–Crippen LogP) is 5.69. The second kappa shape index (κ2) is 9.17. The predicted molar refractivity (Wildman–Crippen MR) is 123 cm³/mol. The van der Waals surface area contributed by atoms with Crippen LogP contribution in [0, 0.1) is 0 Å². The van der Waals surface area contributed by atoms with E-state index in [0.717, 1.165) is 27.6 Å². The summed E-state index contributed by atoms with van der Waals surface area (Å²) in [6.45, 7) is 6.53. The number of benzene rings is 2. The highest BCUT2D eigenvalue weighted by Gasteiger charge is 2.17. The number of hydrogen-bond acceptors (Lipinski definition) is 5. The Morgan fingerprint density at radius 1 is 1.11 bits per heavy atom. The maximum Gasteiger partial charge on any atom is 0.180 e. The monoisotopic (exact) mass is 408 g/mol. The molecule has 0 aliphatic carbocycles. The van der Waals surface area contributed by atoms with Gasteiger partial charge in [0.25, 0.3) is 0 Å². The summed E-state index contributed by atoms with van der Waals surface area (Å²) in [5.74, 6) is 0.782. The SMILES string of the molecule is CC(C)(C)c1csc(-c2ccc(C=NN=C(N)SCc3ccccc3)cc2)n1. The van der Waals surface area contributed by atoms with Gasteiger partial charge < -0.3 is 5.73 Å². The van der Waals surface area contributed by atoms with Crippen LogP contribution >= 0.6 is 23.1 Å². The molecule has 1 aromatic heterocycles. The van der Waals surface area contributed by atoms with E-state index in [1.54, 1.807) is 17.6 Å². The number of amidine groups is 1. The maximum absolute atomic E-state index is 5.92. The van der Waals surface area contributed by atoms with E-state index in [9.17, 15) is 0 Å². The minimum Gasteiger partial charge on any atom is -0.377 e. The Labute approximate surface area is 174 Å². The van der Waals surface area contributed by atoms with Gasteiger partial charge in [-0.1, -0.05) is 87.1 Å². The Morgan fingerprint density at radius 2 is 1.82 bits per heavy atom. The highest BCUT2D eigenvalue weighted by Crippen LogP contribution is 2.29. The molecule has 0 saturated heterocycles. The van der Waals surface area contributed by atoms with Gasteiger partial charge in [0, 0.05) is 22.1 Å². The van der Waals surface area contributed by atoms with Gasteiger partial charge in [-0.2, -0.15) is 5.10 Å². The molecular weight excluding hydrogens is 384 g/mol. The second-order valence-corrected chi connectivity index (χ2v) is 9.22. The van der Waals surface area contributed by atoms with Gasteiger partial charge in [0.1, 0.15) is 5.01 Å². The minimum absolute atomic E-state index is 0.0673. The van der Waals surface area contributed by atoms with Crippen LogP contribution in [0.5, 0.6) is 0 Å². The van der Waals surface area contributed by atoms with Crippen molar-refractivity contribution in [3.63, 3.8) is 0 Å². The number of thioether (sulfide) groups is 1. The molecule has 4 nitrogen and oxygen atoms in total. The summed E-state index contributed by atoms with van der Waals surface area (Å²) < 4.78 is 0. The molecule has 0 spiro atoms. The average molecular weight is 409 g/mol. The van der Waals surface area contributed by atoms with Gasteiger partial charge in [0.2, 0.25) is 0 Å². The van der Waals surface area contributed by atoms with Crippen molar-refractivity contribution in [1.29, 1.82) is 0 Å². The zero-order valence-corrected chi connectivity index (χ0v) is 17.9. The average Bonchev–Trinajstić information content (AvgIpc) is 3.18. The lowest BCUT2D eigenvalue weighted by Crippen LogP contribution is -2.11. The van der Waals surface area contributed by atoms with Crippen molar-refractivity contribution in [2.45, 2.75) is 31.9 Å². The number of rotatable bonds is 5. The Balaban J connectivity index is 1.58. The fourth-order valence-corrected chi connectivity index (χ4v) is 4.04. The molecule has 0 amide bonds. The van der Waals surface area contributed by atoms with Crippen LogP contribution < -0.4 is 5.73 Å². The largest absolute Gasteiger partial charge is 0.377 e. The van der Waals surface area contributed by atoms with Crippen molar-refractivity contribution >= 4 is 34.5 Å². The summed E-state index contributed by atoms with van der Waals surface area (Å²) >= 11 is 3.15. The number of nitrogens with two attached hydrogens (primary N) is 1. The van der Waals surface area contributed by atoms with Crippen molar-refractivity contribution in [3.8, 4) is 10.6 Å². The Bertz CT molecular complexity index is 952. The van der Waals surface area contributed by atoms with E-state index >= 15 is 0 Å². The van der Waals surface area contributed by atoms with Gasteiger partial charge in [-0.25, -0.2) is 4.98 Å². The summed E-state index contributed by atoms with van der Waals surface area (Å²) in [4.78, 5) is 4.76. The lowest BCUT2D eigenvalue weighted by molar-refractivity contribution is 0.573. The van der Waals surface area contributed by atoms with Crippen LogP contribution in [0.25, 0.3) is 10.6 Å². The van der Waals surface area contributed by atoms with E-state index < -0.39 is 0 Å². The first-order valence-electron chi connectivity index (χ1n) is 9.01. The molecule has 144 valence electrons.